The minimum Gasteiger partial charge on any atom is -0.310 e. The number of hydrogen-bond acceptors (Lipinski definition) is 1. The van der Waals surface area contributed by atoms with Gasteiger partial charge in [0.25, 0.3) is 0 Å². The van der Waals surface area contributed by atoms with Crippen molar-refractivity contribution in [2.24, 2.45) is 5.92 Å². The van der Waals surface area contributed by atoms with Crippen molar-refractivity contribution in [1.82, 2.24) is 0 Å². The Labute approximate surface area is 51.6 Å². The van der Waals surface area contributed by atoms with Gasteiger partial charge in [0.1, 0.15) is 0 Å². The van der Waals surface area contributed by atoms with E-state index in [0.29, 0.717) is 5.92 Å². The third-order valence-corrected chi connectivity index (χ3v) is 1.46. The highest BCUT2D eigenvalue weighted by Crippen LogP contribution is 2.04. The molecule has 0 radical (unpaired) electrons. The summed E-state index contributed by atoms with van der Waals surface area (Å²) in [5.74, 6) is 0.500. The second kappa shape index (κ2) is 3.65. The van der Waals surface area contributed by atoms with Gasteiger partial charge in [0.05, 0.1) is 0 Å². The van der Waals surface area contributed by atoms with E-state index in [2.05, 4.69) is 13.8 Å². The molecular formula is C7H15N. The molecule has 0 amide bonds. The van der Waals surface area contributed by atoms with Crippen LogP contribution in [0.25, 0.3) is 0 Å². The summed E-state index contributed by atoms with van der Waals surface area (Å²) in [6.07, 6.45) is 2.35. The fourth-order valence-corrected chi connectivity index (χ4v) is 0.650. The Morgan fingerprint density at radius 3 is 2.25 bits per heavy atom. The lowest BCUT2D eigenvalue weighted by molar-refractivity contribution is 0.661. The first-order valence-electron chi connectivity index (χ1n) is 3.23. The van der Waals surface area contributed by atoms with Crippen LogP contribution in [0.2, 0.25) is 0 Å². The van der Waals surface area contributed by atoms with E-state index < -0.39 is 0 Å². The Bertz CT molecular complexity index is 76.5. The van der Waals surface area contributed by atoms with E-state index in [9.17, 15) is 0 Å². The van der Waals surface area contributed by atoms with Crippen LogP contribution in [0.1, 0.15) is 33.6 Å². The molecular weight excluding hydrogens is 98.1 g/mol. The van der Waals surface area contributed by atoms with Crippen LogP contribution in [0.3, 0.4) is 0 Å². The monoisotopic (exact) mass is 113 g/mol. The largest absolute Gasteiger partial charge is 0.310 e. The fraction of sp³-hybridized carbons (Fsp3) is 0.857. The van der Waals surface area contributed by atoms with Crippen molar-refractivity contribution >= 4 is 5.71 Å². The molecule has 1 N–H and O–H groups in total. The fourth-order valence-electron chi connectivity index (χ4n) is 0.650. The second-order valence-corrected chi connectivity index (χ2v) is 2.37. The molecule has 48 valence electrons. The van der Waals surface area contributed by atoms with E-state index >= 15 is 0 Å². The summed E-state index contributed by atoms with van der Waals surface area (Å²) in [7, 11) is 0. The molecule has 0 aromatic carbocycles. The molecule has 0 rings (SSSR count). The van der Waals surface area contributed by atoms with Crippen LogP contribution in [0.15, 0.2) is 0 Å². The van der Waals surface area contributed by atoms with Gasteiger partial charge >= 0.3 is 0 Å². The van der Waals surface area contributed by atoms with Gasteiger partial charge in [-0.1, -0.05) is 20.3 Å². The predicted molar refractivity (Wildman–Crippen MR) is 37.5 cm³/mol. The molecule has 0 aromatic heterocycles. The van der Waals surface area contributed by atoms with Gasteiger partial charge in [0, 0.05) is 5.71 Å². The highest BCUT2D eigenvalue weighted by Gasteiger charge is 1.99. The molecule has 1 atom stereocenters. The summed E-state index contributed by atoms with van der Waals surface area (Å²) in [6.45, 7) is 6.13. The van der Waals surface area contributed by atoms with Gasteiger partial charge in [0.15, 0.2) is 0 Å². The maximum atomic E-state index is 7.20. The molecule has 0 fully saturated rings. The van der Waals surface area contributed by atoms with Gasteiger partial charge in [-0.05, 0) is 19.3 Å². The predicted octanol–water partition coefficient (Wildman–Crippen LogP) is 2.46. The van der Waals surface area contributed by atoms with Crippen molar-refractivity contribution in [2.45, 2.75) is 33.6 Å². The van der Waals surface area contributed by atoms with Crippen LogP contribution in [0.4, 0.5) is 0 Å². The average Bonchev–Trinajstić information content (AvgIpc) is 1.67. The lowest BCUT2D eigenvalue weighted by Crippen LogP contribution is -2.03. The van der Waals surface area contributed by atoms with E-state index in [1.807, 2.05) is 6.92 Å². The summed E-state index contributed by atoms with van der Waals surface area (Å²) in [5, 5.41) is 7.20. The Hall–Kier alpha value is -0.330. The van der Waals surface area contributed by atoms with Gasteiger partial charge in [-0.3, -0.25) is 0 Å². The summed E-state index contributed by atoms with van der Waals surface area (Å²) in [5.41, 5.74) is 0.812. The van der Waals surface area contributed by atoms with E-state index in [1.54, 1.807) is 0 Å². The first-order valence-corrected chi connectivity index (χ1v) is 3.23. The highest BCUT2D eigenvalue weighted by atomic mass is 14.4. The summed E-state index contributed by atoms with van der Waals surface area (Å²) >= 11 is 0. The zero-order valence-corrected chi connectivity index (χ0v) is 5.99. The lowest BCUT2D eigenvalue weighted by atomic mass is 10.0. The molecule has 0 aliphatic carbocycles. The highest BCUT2D eigenvalue weighted by molar-refractivity contribution is 5.80. The van der Waals surface area contributed by atoms with Crippen molar-refractivity contribution in [1.29, 1.82) is 5.41 Å². The Morgan fingerprint density at radius 2 is 2.12 bits per heavy atom. The van der Waals surface area contributed by atoms with Crippen molar-refractivity contribution in [3.63, 3.8) is 0 Å². The number of nitrogens with one attached hydrogen (secondary N) is 1. The maximum Gasteiger partial charge on any atom is 0.00863 e. The molecule has 0 saturated heterocycles. The van der Waals surface area contributed by atoms with Gasteiger partial charge in [0.2, 0.25) is 0 Å². The third kappa shape index (κ3) is 2.78. The number of hydrogen-bond donors (Lipinski definition) is 1. The first-order chi connectivity index (χ1) is 3.68. The Morgan fingerprint density at radius 1 is 1.62 bits per heavy atom. The molecule has 0 unspecified atom stereocenters. The van der Waals surface area contributed by atoms with Crippen LogP contribution in [-0.4, -0.2) is 5.71 Å². The normalized spacial score (nSPS) is 13.4. The van der Waals surface area contributed by atoms with Gasteiger partial charge < -0.3 is 5.41 Å². The Kier molecular flexibility index (Phi) is 3.49. The molecule has 0 spiro atoms. The number of rotatable bonds is 3. The molecule has 0 bridgehead atoms. The van der Waals surface area contributed by atoms with Crippen molar-refractivity contribution in [3.8, 4) is 0 Å². The van der Waals surface area contributed by atoms with Crippen LogP contribution in [0, 0.1) is 11.3 Å². The van der Waals surface area contributed by atoms with Crippen LogP contribution in [-0.2, 0) is 0 Å². The van der Waals surface area contributed by atoms with Gasteiger partial charge in [-0.2, -0.15) is 0 Å². The van der Waals surface area contributed by atoms with E-state index in [0.717, 1.165) is 12.1 Å². The van der Waals surface area contributed by atoms with E-state index in [4.69, 9.17) is 5.41 Å². The average molecular weight is 113 g/mol. The molecule has 1 heteroatoms. The quantitative estimate of drug-likeness (QED) is 0.544. The molecule has 0 aliphatic heterocycles. The summed E-state index contributed by atoms with van der Waals surface area (Å²) in [6, 6.07) is 0. The van der Waals surface area contributed by atoms with E-state index in [1.165, 1.54) is 6.42 Å². The SMILES string of the molecule is CCC[C@@H](C)C(C)=N. The van der Waals surface area contributed by atoms with Crippen molar-refractivity contribution < 1.29 is 0 Å². The second-order valence-electron chi connectivity index (χ2n) is 2.37. The van der Waals surface area contributed by atoms with Crippen molar-refractivity contribution in [3.05, 3.63) is 0 Å². The van der Waals surface area contributed by atoms with Crippen LogP contribution < -0.4 is 0 Å². The summed E-state index contributed by atoms with van der Waals surface area (Å²) < 4.78 is 0. The lowest BCUT2D eigenvalue weighted by Gasteiger charge is -2.05. The standard InChI is InChI=1S/C7H15N/c1-4-5-6(2)7(3)8/h6,8H,4-5H2,1-3H3/t6-/m1/s1. The molecule has 0 saturated carbocycles. The smallest absolute Gasteiger partial charge is 0.00863 e. The molecule has 1 nitrogen and oxygen atoms in total. The first kappa shape index (κ1) is 7.67. The third-order valence-electron chi connectivity index (χ3n) is 1.46. The topological polar surface area (TPSA) is 23.9 Å². The van der Waals surface area contributed by atoms with Gasteiger partial charge in [-0.15, -0.1) is 0 Å². The maximum absolute atomic E-state index is 7.20. The summed E-state index contributed by atoms with van der Waals surface area (Å²) in [4.78, 5) is 0. The molecule has 0 aromatic rings. The molecule has 0 aliphatic rings. The minimum atomic E-state index is 0.500. The zero-order chi connectivity index (χ0) is 6.57. The van der Waals surface area contributed by atoms with Crippen LogP contribution in [0.5, 0.6) is 0 Å². The van der Waals surface area contributed by atoms with Gasteiger partial charge in [-0.25, -0.2) is 0 Å². The zero-order valence-electron chi connectivity index (χ0n) is 5.99. The van der Waals surface area contributed by atoms with Crippen molar-refractivity contribution in [2.75, 3.05) is 0 Å². The Balaban J connectivity index is 3.32. The molecule has 8 heavy (non-hydrogen) atoms. The van der Waals surface area contributed by atoms with Crippen LogP contribution >= 0.6 is 0 Å². The molecule has 0 heterocycles. The minimum absolute atomic E-state index is 0.500. The van der Waals surface area contributed by atoms with E-state index in [-0.39, 0.29) is 0 Å².